The molecular weight excluding hydrogens is 310 g/mol. The standard InChI is InChI=1S/C15H19N7O2/c1-23-14-5-12(20-21-14)18-13-7-16-11-6-17-22(15(11)19-13)8-10-3-2-4-24-9-10/h5-7,10H,2-4,8-9H2,1H3,(H2,18,19,20,21)/t10-/m1/s1. The Morgan fingerprint density at radius 2 is 2.42 bits per heavy atom. The quantitative estimate of drug-likeness (QED) is 0.734. The molecule has 3 aromatic rings. The number of aromatic nitrogens is 6. The summed E-state index contributed by atoms with van der Waals surface area (Å²) >= 11 is 0. The summed E-state index contributed by atoms with van der Waals surface area (Å²) in [5.41, 5.74) is 1.54. The lowest BCUT2D eigenvalue weighted by atomic mass is 10.0. The molecule has 0 bridgehead atoms. The minimum Gasteiger partial charge on any atom is -0.480 e. The lowest BCUT2D eigenvalue weighted by molar-refractivity contribution is 0.0474. The van der Waals surface area contributed by atoms with Crippen molar-refractivity contribution in [3.05, 3.63) is 18.5 Å². The van der Waals surface area contributed by atoms with Crippen molar-refractivity contribution >= 4 is 22.8 Å². The number of aromatic amines is 1. The van der Waals surface area contributed by atoms with Crippen LogP contribution in [0, 0.1) is 5.92 Å². The maximum absolute atomic E-state index is 5.55. The molecule has 0 spiro atoms. The number of hydrogen-bond donors (Lipinski definition) is 2. The van der Waals surface area contributed by atoms with Gasteiger partial charge >= 0.3 is 0 Å². The zero-order valence-electron chi connectivity index (χ0n) is 13.4. The second kappa shape index (κ2) is 6.44. The van der Waals surface area contributed by atoms with Crippen LogP contribution in [0.4, 0.5) is 11.6 Å². The number of methoxy groups -OCH3 is 1. The maximum Gasteiger partial charge on any atom is 0.234 e. The van der Waals surface area contributed by atoms with E-state index in [-0.39, 0.29) is 0 Å². The van der Waals surface area contributed by atoms with Crippen molar-refractivity contribution in [1.82, 2.24) is 29.9 Å². The molecule has 0 saturated carbocycles. The van der Waals surface area contributed by atoms with Crippen LogP contribution in [0.5, 0.6) is 5.88 Å². The Balaban J connectivity index is 1.55. The normalized spacial score (nSPS) is 18.0. The molecule has 1 aliphatic rings. The summed E-state index contributed by atoms with van der Waals surface area (Å²) in [4.78, 5) is 9.04. The first-order valence-corrected chi connectivity index (χ1v) is 7.94. The summed E-state index contributed by atoms with van der Waals surface area (Å²) in [6, 6.07) is 1.75. The molecule has 9 nitrogen and oxygen atoms in total. The van der Waals surface area contributed by atoms with Crippen molar-refractivity contribution in [3.8, 4) is 5.88 Å². The molecule has 0 aromatic carbocycles. The van der Waals surface area contributed by atoms with Crippen molar-refractivity contribution in [1.29, 1.82) is 0 Å². The predicted octanol–water partition coefficient (Wildman–Crippen LogP) is 1.73. The number of anilines is 2. The van der Waals surface area contributed by atoms with E-state index in [4.69, 9.17) is 9.47 Å². The molecule has 0 radical (unpaired) electrons. The highest BCUT2D eigenvalue weighted by molar-refractivity contribution is 5.71. The van der Waals surface area contributed by atoms with Gasteiger partial charge in [0.1, 0.15) is 11.3 Å². The molecule has 1 atom stereocenters. The second-order valence-corrected chi connectivity index (χ2v) is 5.82. The first-order chi connectivity index (χ1) is 11.8. The number of ether oxygens (including phenoxy) is 2. The number of nitrogens with one attached hydrogen (secondary N) is 2. The highest BCUT2D eigenvalue weighted by Crippen LogP contribution is 2.20. The second-order valence-electron chi connectivity index (χ2n) is 5.82. The minimum atomic E-state index is 0.470. The van der Waals surface area contributed by atoms with Crippen LogP contribution in [0.3, 0.4) is 0 Å². The molecule has 126 valence electrons. The monoisotopic (exact) mass is 329 g/mol. The van der Waals surface area contributed by atoms with E-state index in [0.29, 0.717) is 23.4 Å². The molecule has 2 N–H and O–H groups in total. The third kappa shape index (κ3) is 3.02. The van der Waals surface area contributed by atoms with Gasteiger partial charge in [0.25, 0.3) is 0 Å². The summed E-state index contributed by atoms with van der Waals surface area (Å²) in [7, 11) is 1.57. The van der Waals surface area contributed by atoms with Gasteiger partial charge in [-0.3, -0.25) is 5.10 Å². The van der Waals surface area contributed by atoms with E-state index in [2.05, 4.69) is 30.6 Å². The van der Waals surface area contributed by atoms with Crippen molar-refractivity contribution in [2.24, 2.45) is 5.92 Å². The fourth-order valence-corrected chi connectivity index (χ4v) is 2.85. The van der Waals surface area contributed by atoms with E-state index in [0.717, 1.165) is 43.8 Å². The van der Waals surface area contributed by atoms with Crippen molar-refractivity contribution in [2.45, 2.75) is 19.4 Å². The van der Waals surface area contributed by atoms with Crippen LogP contribution in [0.2, 0.25) is 0 Å². The molecule has 1 saturated heterocycles. The number of fused-ring (bicyclic) bond motifs is 1. The van der Waals surface area contributed by atoms with E-state index < -0.39 is 0 Å². The van der Waals surface area contributed by atoms with E-state index in [1.807, 2.05) is 4.68 Å². The van der Waals surface area contributed by atoms with Gasteiger partial charge in [0.2, 0.25) is 5.88 Å². The van der Waals surface area contributed by atoms with Crippen LogP contribution in [-0.4, -0.2) is 50.3 Å². The number of H-pyrrole nitrogens is 1. The van der Waals surface area contributed by atoms with Gasteiger partial charge in [0, 0.05) is 25.1 Å². The molecule has 9 heteroatoms. The van der Waals surface area contributed by atoms with Gasteiger partial charge in [-0.05, 0) is 12.8 Å². The lowest BCUT2D eigenvalue weighted by Crippen LogP contribution is -2.22. The van der Waals surface area contributed by atoms with E-state index >= 15 is 0 Å². The number of nitrogens with zero attached hydrogens (tertiary/aromatic N) is 5. The van der Waals surface area contributed by atoms with Crippen LogP contribution >= 0.6 is 0 Å². The van der Waals surface area contributed by atoms with Gasteiger partial charge in [-0.15, -0.1) is 5.10 Å². The molecule has 0 amide bonds. The predicted molar refractivity (Wildman–Crippen MR) is 87.3 cm³/mol. The summed E-state index contributed by atoms with van der Waals surface area (Å²) in [6.07, 6.45) is 5.67. The lowest BCUT2D eigenvalue weighted by Gasteiger charge is -2.21. The zero-order valence-corrected chi connectivity index (χ0v) is 13.4. The molecule has 0 aliphatic carbocycles. The van der Waals surface area contributed by atoms with Crippen molar-refractivity contribution in [3.63, 3.8) is 0 Å². The van der Waals surface area contributed by atoms with E-state index in [1.165, 1.54) is 0 Å². The van der Waals surface area contributed by atoms with Gasteiger partial charge in [0.15, 0.2) is 11.5 Å². The Morgan fingerprint density at radius 3 is 3.21 bits per heavy atom. The average Bonchev–Trinajstić information content (AvgIpc) is 3.23. The first kappa shape index (κ1) is 14.9. The summed E-state index contributed by atoms with van der Waals surface area (Å²) in [5.74, 6) is 2.29. The smallest absolute Gasteiger partial charge is 0.234 e. The third-order valence-corrected chi connectivity index (χ3v) is 4.06. The molecule has 4 rings (SSSR count). The van der Waals surface area contributed by atoms with Crippen LogP contribution in [0.1, 0.15) is 12.8 Å². The van der Waals surface area contributed by atoms with Gasteiger partial charge in [0.05, 0.1) is 26.1 Å². The summed E-state index contributed by atoms with van der Waals surface area (Å²) < 4.78 is 12.5. The topological polar surface area (TPSA) is 103 Å². The Morgan fingerprint density at radius 1 is 1.46 bits per heavy atom. The van der Waals surface area contributed by atoms with E-state index in [9.17, 15) is 0 Å². The highest BCUT2D eigenvalue weighted by Gasteiger charge is 2.17. The first-order valence-electron chi connectivity index (χ1n) is 7.94. The summed E-state index contributed by atoms with van der Waals surface area (Å²) in [5, 5.41) is 14.4. The van der Waals surface area contributed by atoms with Crippen LogP contribution < -0.4 is 10.1 Å². The number of hydrogen-bond acceptors (Lipinski definition) is 7. The fraction of sp³-hybridized carbons (Fsp3) is 0.467. The zero-order chi connectivity index (χ0) is 16.4. The molecule has 3 aromatic heterocycles. The molecule has 4 heterocycles. The molecule has 0 unspecified atom stereocenters. The minimum absolute atomic E-state index is 0.470. The van der Waals surface area contributed by atoms with E-state index in [1.54, 1.807) is 25.6 Å². The van der Waals surface area contributed by atoms with Crippen molar-refractivity contribution < 1.29 is 9.47 Å². The third-order valence-electron chi connectivity index (χ3n) is 4.06. The highest BCUT2D eigenvalue weighted by atomic mass is 16.5. The summed E-state index contributed by atoms with van der Waals surface area (Å²) in [6.45, 7) is 2.43. The number of rotatable bonds is 5. The van der Waals surface area contributed by atoms with Gasteiger partial charge in [-0.2, -0.15) is 5.10 Å². The van der Waals surface area contributed by atoms with Crippen LogP contribution in [0.15, 0.2) is 18.5 Å². The van der Waals surface area contributed by atoms with Gasteiger partial charge in [-0.25, -0.2) is 14.6 Å². The van der Waals surface area contributed by atoms with Gasteiger partial charge < -0.3 is 14.8 Å². The van der Waals surface area contributed by atoms with Gasteiger partial charge in [-0.1, -0.05) is 0 Å². The average molecular weight is 329 g/mol. The van der Waals surface area contributed by atoms with Crippen LogP contribution in [-0.2, 0) is 11.3 Å². The molecular formula is C15H19N7O2. The Bertz CT molecular complexity index is 822. The Kier molecular flexibility index (Phi) is 3.99. The Hall–Kier alpha value is -2.68. The Labute approximate surface area is 138 Å². The maximum atomic E-state index is 5.55. The van der Waals surface area contributed by atoms with Crippen LogP contribution in [0.25, 0.3) is 11.2 Å². The molecule has 24 heavy (non-hydrogen) atoms. The SMILES string of the molecule is COc1cc(Nc2cnc3cnn(C[C@H]4CCCOC4)c3n2)[nH]n1. The molecule has 1 fully saturated rings. The largest absolute Gasteiger partial charge is 0.480 e. The molecule has 1 aliphatic heterocycles. The fourth-order valence-electron chi connectivity index (χ4n) is 2.85. The van der Waals surface area contributed by atoms with Crippen molar-refractivity contribution in [2.75, 3.05) is 25.6 Å².